The second-order valence-corrected chi connectivity index (χ2v) is 4.90. The number of hydrogen-bond acceptors (Lipinski definition) is 3. The molecule has 0 saturated heterocycles. The van der Waals surface area contributed by atoms with Crippen LogP contribution in [-0.4, -0.2) is 21.3 Å². The molecule has 0 aliphatic heterocycles. The van der Waals surface area contributed by atoms with Crippen molar-refractivity contribution in [1.82, 2.24) is 0 Å². The highest BCUT2D eigenvalue weighted by Gasteiger charge is 2.38. The third kappa shape index (κ3) is 2.36. The number of carboxylic acids is 1. The summed E-state index contributed by atoms with van der Waals surface area (Å²) in [4.78, 5) is 10.8. The van der Waals surface area contributed by atoms with Crippen molar-refractivity contribution >= 4 is 17.6 Å². The first-order valence-electron chi connectivity index (χ1n) is 5.53. The van der Waals surface area contributed by atoms with Crippen molar-refractivity contribution in [2.45, 2.75) is 25.2 Å². The number of carbonyl (C=O) groups is 1. The van der Waals surface area contributed by atoms with Gasteiger partial charge in [-0.25, -0.2) is 4.39 Å². The van der Waals surface area contributed by atoms with Crippen molar-refractivity contribution in [3.8, 4) is 11.5 Å². The van der Waals surface area contributed by atoms with Gasteiger partial charge in [0.05, 0.1) is 11.4 Å². The smallest absolute Gasteiger partial charge is 0.303 e. The quantitative estimate of drug-likeness (QED) is 0.738. The monoisotopic (exact) mass is 274 g/mol. The summed E-state index contributed by atoms with van der Waals surface area (Å²) in [6, 6.07) is 0.903. The summed E-state index contributed by atoms with van der Waals surface area (Å²) in [6.07, 6.45) is 1.27. The molecule has 1 fully saturated rings. The molecule has 0 bridgehead atoms. The molecular formula is C12H12ClFO4. The summed E-state index contributed by atoms with van der Waals surface area (Å²) >= 11 is 5.60. The van der Waals surface area contributed by atoms with Crippen LogP contribution in [0.5, 0.6) is 11.5 Å². The average Bonchev–Trinajstić information content (AvgIpc) is 3.08. The lowest BCUT2D eigenvalue weighted by atomic mass is 9.89. The minimum atomic E-state index is -1.08. The maximum atomic E-state index is 13.9. The van der Waals surface area contributed by atoms with E-state index in [1.807, 2.05) is 0 Å². The van der Waals surface area contributed by atoms with Crippen LogP contribution >= 0.6 is 11.6 Å². The van der Waals surface area contributed by atoms with Gasteiger partial charge in [-0.3, -0.25) is 4.79 Å². The first-order chi connectivity index (χ1) is 8.41. The number of phenols is 2. The lowest BCUT2D eigenvalue weighted by molar-refractivity contribution is -0.137. The number of halogens is 2. The molecule has 6 heteroatoms. The second kappa shape index (κ2) is 4.65. The van der Waals surface area contributed by atoms with Crippen LogP contribution in [0.25, 0.3) is 0 Å². The summed E-state index contributed by atoms with van der Waals surface area (Å²) in [7, 11) is 0. The van der Waals surface area contributed by atoms with Crippen molar-refractivity contribution in [1.29, 1.82) is 0 Å². The highest BCUT2D eigenvalue weighted by molar-refractivity contribution is 6.31. The molecule has 2 rings (SSSR count). The van der Waals surface area contributed by atoms with E-state index in [9.17, 15) is 19.4 Å². The third-order valence-corrected chi connectivity index (χ3v) is 3.44. The van der Waals surface area contributed by atoms with Crippen LogP contribution in [0.1, 0.15) is 30.7 Å². The van der Waals surface area contributed by atoms with Gasteiger partial charge in [0.25, 0.3) is 0 Å². The summed E-state index contributed by atoms with van der Waals surface area (Å²) in [6.45, 7) is 0. The molecule has 98 valence electrons. The number of aromatic hydroxyl groups is 2. The first kappa shape index (κ1) is 13.0. The Bertz CT molecular complexity index is 473. The fourth-order valence-electron chi connectivity index (χ4n) is 2.15. The van der Waals surface area contributed by atoms with E-state index in [2.05, 4.69) is 0 Å². The Morgan fingerprint density at radius 2 is 2.11 bits per heavy atom. The van der Waals surface area contributed by atoms with E-state index in [0.717, 1.165) is 18.9 Å². The Morgan fingerprint density at radius 1 is 1.50 bits per heavy atom. The fraction of sp³-hybridized carbons (Fsp3) is 0.417. The molecule has 0 spiro atoms. The van der Waals surface area contributed by atoms with Crippen LogP contribution in [0.3, 0.4) is 0 Å². The van der Waals surface area contributed by atoms with Crippen molar-refractivity contribution in [3.05, 3.63) is 22.5 Å². The van der Waals surface area contributed by atoms with E-state index < -0.39 is 29.2 Å². The van der Waals surface area contributed by atoms with E-state index >= 15 is 0 Å². The van der Waals surface area contributed by atoms with Crippen molar-refractivity contribution < 1.29 is 24.5 Å². The molecular weight excluding hydrogens is 263 g/mol. The van der Waals surface area contributed by atoms with Crippen LogP contribution in [0.2, 0.25) is 5.02 Å². The van der Waals surface area contributed by atoms with Crippen molar-refractivity contribution in [2.24, 2.45) is 5.92 Å². The fourth-order valence-corrected chi connectivity index (χ4v) is 2.36. The minimum absolute atomic E-state index is 0.0133. The van der Waals surface area contributed by atoms with Gasteiger partial charge in [-0.2, -0.15) is 0 Å². The van der Waals surface area contributed by atoms with Crippen LogP contribution in [0.4, 0.5) is 4.39 Å². The second-order valence-electron chi connectivity index (χ2n) is 4.50. The van der Waals surface area contributed by atoms with Crippen molar-refractivity contribution in [2.75, 3.05) is 0 Å². The maximum Gasteiger partial charge on any atom is 0.303 e. The molecule has 0 heterocycles. The van der Waals surface area contributed by atoms with Gasteiger partial charge in [0.2, 0.25) is 0 Å². The largest absolute Gasteiger partial charge is 0.504 e. The maximum absolute atomic E-state index is 13.9. The van der Waals surface area contributed by atoms with Crippen LogP contribution in [0.15, 0.2) is 6.07 Å². The van der Waals surface area contributed by atoms with Gasteiger partial charge in [-0.15, -0.1) is 0 Å². The van der Waals surface area contributed by atoms with E-state index in [-0.39, 0.29) is 22.9 Å². The third-order valence-electron chi connectivity index (χ3n) is 3.16. The predicted molar refractivity (Wildman–Crippen MR) is 62.5 cm³/mol. The Kier molecular flexibility index (Phi) is 3.34. The molecule has 1 aromatic rings. The lowest BCUT2D eigenvalue weighted by Crippen LogP contribution is -2.10. The Hall–Kier alpha value is -1.49. The number of phenolic OH excluding ortho intramolecular Hbond substituents is 2. The molecule has 1 atom stereocenters. The zero-order chi connectivity index (χ0) is 13.4. The van der Waals surface area contributed by atoms with Gasteiger partial charge in [-0.1, -0.05) is 11.6 Å². The molecule has 4 nitrogen and oxygen atoms in total. The van der Waals surface area contributed by atoms with Gasteiger partial charge in [0, 0.05) is 17.5 Å². The molecule has 1 aliphatic carbocycles. The summed E-state index contributed by atoms with van der Waals surface area (Å²) in [5.74, 6) is -3.73. The summed E-state index contributed by atoms with van der Waals surface area (Å²) in [5.41, 5.74) is -0.190. The summed E-state index contributed by atoms with van der Waals surface area (Å²) < 4.78 is 13.9. The highest BCUT2D eigenvalue weighted by Crippen LogP contribution is 2.50. The number of hydrogen-bond donors (Lipinski definition) is 3. The Labute approximate surface area is 108 Å². The van der Waals surface area contributed by atoms with Crippen LogP contribution in [0, 0.1) is 11.7 Å². The topological polar surface area (TPSA) is 77.8 Å². The van der Waals surface area contributed by atoms with Gasteiger partial charge >= 0.3 is 5.97 Å². The zero-order valence-electron chi connectivity index (χ0n) is 9.36. The van der Waals surface area contributed by atoms with E-state index in [0.29, 0.717) is 0 Å². The van der Waals surface area contributed by atoms with Gasteiger partial charge < -0.3 is 15.3 Å². The molecule has 18 heavy (non-hydrogen) atoms. The van der Waals surface area contributed by atoms with Gasteiger partial charge in [0.15, 0.2) is 11.5 Å². The number of aliphatic carboxylic acids is 1. The Balaban J connectivity index is 2.49. The molecule has 0 amide bonds. The van der Waals surface area contributed by atoms with E-state index in [1.54, 1.807) is 0 Å². The Morgan fingerprint density at radius 3 is 2.61 bits per heavy atom. The van der Waals surface area contributed by atoms with Crippen LogP contribution < -0.4 is 0 Å². The lowest BCUT2D eigenvalue weighted by Gasteiger charge is -2.18. The SMILES string of the molecule is O=C(O)CC(c1c(O)c(O)cc(Cl)c1F)C1CC1. The molecule has 0 radical (unpaired) electrons. The molecule has 1 aliphatic rings. The van der Waals surface area contributed by atoms with E-state index in [4.69, 9.17) is 16.7 Å². The van der Waals surface area contributed by atoms with E-state index in [1.165, 1.54) is 0 Å². The summed E-state index contributed by atoms with van der Waals surface area (Å²) in [5, 5.41) is 27.7. The molecule has 1 aromatic carbocycles. The first-order valence-corrected chi connectivity index (χ1v) is 5.91. The standard InChI is InChI=1S/C12H12ClFO4/c13-7-4-8(15)12(18)10(11(7)14)6(3-9(16)17)5-1-2-5/h4-6,15,18H,1-3H2,(H,16,17). The normalized spacial score (nSPS) is 16.6. The van der Waals surface area contributed by atoms with Gasteiger partial charge in [0.1, 0.15) is 5.82 Å². The molecule has 3 N–H and O–H groups in total. The predicted octanol–water partition coefficient (Wildman–Crippen LogP) is 2.86. The van der Waals surface area contributed by atoms with Crippen molar-refractivity contribution in [3.63, 3.8) is 0 Å². The average molecular weight is 275 g/mol. The van der Waals surface area contributed by atoms with Crippen LogP contribution in [-0.2, 0) is 4.79 Å². The molecule has 1 saturated carbocycles. The number of carboxylic acid groups (broad SMARTS) is 1. The highest BCUT2D eigenvalue weighted by atomic mass is 35.5. The zero-order valence-corrected chi connectivity index (χ0v) is 10.1. The van der Waals surface area contributed by atoms with Gasteiger partial charge in [-0.05, 0) is 18.8 Å². The number of rotatable bonds is 4. The number of benzene rings is 1. The molecule has 0 aromatic heterocycles. The minimum Gasteiger partial charge on any atom is -0.504 e. The molecule has 1 unspecified atom stereocenters.